The van der Waals surface area contributed by atoms with Crippen molar-refractivity contribution in [1.82, 2.24) is 4.90 Å². The summed E-state index contributed by atoms with van der Waals surface area (Å²) in [6.45, 7) is 2.51. The van der Waals surface area contributed by atoms with Gasteiger partial charge in [-0.2, -0.15) is 0 Å². The highest BCUT2D eigenvalue weighted by Crippen LogP contribution is 2.21. The molecule has 3 heteroatoms. The van der Waals surface area contributed by atoms with Gasteiger partial charge in [0, 0.05) is 13.1 Å². The van der Waals surface area contributed by atoms with Gasteiger partial charge in [0.2, 0.25) is 0 Å². The lowest BCUT2D eigenvalue weighted by Gasteiger charge is -2.30. The van der Waals surface area contributed by atoms with Crippen molar-refractivity contribution in [3.05, 3.63) is 48.0 Å². The Morgan fingerprint density at radius 2 is 2.00 bits per heavy atom. The van der Waals surface area contributed by atoms with E-state index in [9.17, 15) is 4.79 Å². The van der Waals surface area contributed by atoms with Crippen molar-refractivity contribution >= 4 is 16.7 Å². The molecule has 1 aliphatic rings. The Kier molecular flexibility index (Phi) is 3.70. The van der Waals surface area contributed by atoms with Crippen molar-refractivity contribution < 1.29 is 9.90 Å². The summed E-state index contributed by atoms with van der Waals surface area (Å²) in [5.41, 5.74) is 1.26. The zero-order valence-corrected chi connectivity index (χ0v) is 11.5. The normalized spacial score (nSPS) is 20.1. The number of carbonyl (C=O) groups is 1. The monoisotopic (exact) mass is 269 g/mol. The fourth-order valence-corrected chi connectivity index (χ4v) is 3.00. The van der Waals surface area contributed by atoms with Crippen LogP contribution in [0.3, 0.4) is 0 Å². The van der Waals surface area contributed by atoms with Gasteiger partial charge in [0.25, 0.3) is 0 Å². The molecule has 1 saturated heterocycles. The third kappa shape index (κ3) is 2.83. The van der Waals surface area contributed by atoms with Crippen LogP contribution in [0.5, 0.6) is 0 Å². The molecular formula is C17H19NO2. The molecule has 0 spiro atoms. The van der Waals surface area contributed by atoms with Crippen molar-refractivity contribution in [3.63, 3.8) is 0 Å². The number of benzene rings is 2. The highest BCUT2D eigenvalue weighted by atomic mass is 16.4. The summed E-state index contributed by atoms with van der Waals surface area (Å²) in [5.74, 6) is -0.864. The fourth-order valence-electron chi connectivity index (χ4n) is 3.00. The van der Waals surface area contributed by atoms with E-state index in [0.29, 0.717) is 6.54 Å². The fraction of sp³-hybridized carbons (Fsp3) is 0.353. The van der Waals surface area contributed by atoms with Crippen LogP contribution in [0.4, 0.5) is 0 Å². The maximum atomic E-state index is 11.1. The molecule has 1 heterocycles. The van der Waals surface area contributed by atoms with Crippen LogP contribution in [0, 0.1) is 5.92 Å². The molecule has 0 aliphatic carbocycles. The van der Waals surface area contributed by atoms with Crippen LogP contribution in [0.2, 0.25) is 0 Å². The minimum Gasteiger partial charge on any atom is -0.481 e. The maximum Gasteiger partial charge on any atom is 0.307 e. The minimum atomic E-state index is -0.659. The third-order valence-electron chi connectivity index (χ3n) is 4.07. The summed E-state index contributed by atoms with van der Waals surface area (Å²) >= 11 is 0. The van der Waals surface area contributed by atoms with Crippen molar-refractivity contribution in [2.75, 3.05) is 13.1 Å². The van der Waals surface area contributed by atoms with Gasteiger partial charge in [-0.1, -0.05) is 36.4 Å². The molecule has 2 aromatic carbocycles. The third-order valence-corrected chi connectivity index (χ3v) is 4.07. The van der Waals surface area contributed by atoms with Gasteiger partial charge in [-0.15, -0.1) is 0 Å². The van der Waals surface area contributed by atoms with Gasteiger partial charge in [0.05, 0.1) is 5.92 Å². The van der Waals surface area contributed by atoms with Gasteiger partial charge in [-0.25, -0.2) is 0 Å². The molecule has 1 unspecified atom stereocenters. The standard InChI is InChI=1S/C17H19NO2/c19-17(20)16-6-3-9-18(12-16)11-13-7-8-14-4-1-2-5-15(14)10-13/h1-2,4-5,7-8,10,16H,3,6,9,11-12H2,(H,19,20). The predicted molar refractivity (Wildman–Crippen MR) is 79.6 cm³/mol. The lowest BCUT2D eigenvalue weighted by atomic mass is 9.97. The van der Waals surface area contributed by atoms with E-state index in [4.69, 9.17) is 5.11 Å². The van der Waals surface area contributed by atoms with Crippen LogP contribution >= 0.6 is 0 Å². The second-order valence-electron chi connectivity index (χ2n) is 5.59. The Hall–Kier alpha value is -1.87. The lowest BCUT2D eigenvalue weighted by molar-refractivity contribution is -0.143. The van der Waals surface area contributed by atoms with E-state index in [1.165, 1.54) is 16.3 Å². The first kappa shape index (κ1) is 13.1. The van der Waals surface area contributed by atoms with Gasteiger partial charge in [0.1, 0.15) is 0 Å². The Labute approximate surface area is 118 Å². The Morgan fingerprint density at radius 3 is 2.80 bits per heavy atom. The molecule has 0 bridgehead atoms. The van der Waals surface area contributed by atoms with Crippen LogP contribution in [-0.4, -0.2) is 29.1 Å². The summed E-state index contributed by atoms with van der Waals surface area (Å²) in [6.07, 6.45) is 1.79. The molecule has 0 radical (unpaired) electrons. The van der Waals surface area contributed by atoms with Gasteiger partial charge in [-0.3, -0.25) is 9.69 Å². The molecule has 0 saturated carbocycles. The first-order valence-corrected chi connectivity index (χ1v) is 7.15. The largest absolute Gasteiger partial charge is 0.481 e. The van der Waals surface area contributed by atoms with E-state index in [-0.39, 0.29) is 5.92 Å². The highest BCUT2D eigenvalue weighted by Gasteiger charge is 2.25. The Morgan fingerprint density at radius 1 is 1.20 bits per heavy atom. The molecule has 1 atom stereocenters. The van der Waals surface area contributed by atoms with E-state index in [0.717, 1.165) is 25.9 Å². The highest BCUT2D eigenvalue weighted by molar-refractivity contribution is 5.82. The molecule has 1 N–H and O–H groups in total. The van der Waals surface area contributed by atoms with Crippen molar-refractivity contribution in [1.29, 1.82) is 0 Å². The van der Waals surface area contributed by atoms with E-state index < -0.39 is 5.97 Å². The van der Waals surface area contributed by atoms with Crippen LogP contribution in [-0.2, 0) is 11.3 Å². The smallest absolute Gasteiger partial charge is 0.307 e. The quantitative estimate of drug-likeness (QED) is 0.930. The summed E-state index contributed by atoms with van der Waals surface area (Å²) in [4.78, 5) is 13.4. The molecule has 1 aliphatic heterocycles. The molecule has 20 heavy (non-hydrogen) atoms. The minimum absolute atomic E-state index is 0.204. The average Bonchev–Trinajstić information content (AvgIpc) is 2.47. The summed E-state index contributed by atoms with van der Waals surface area (Å²) in [7, 11) is 0. The second-order valence-corrected chi connectivity index (χ2v) is 5.59. The SMILES string of the molecule is O=C(O)C1CCCN(Cc2ccc3ccccc3c2)C1. The van der Waals surface area contributed by atoms with Crippen molar-refractivity contribution in [2.45, 2.75) is 19.4 Å². The van der Waals surface area contributed by atoms with E-state index in [1.54, 1.807) is 0 Å². The number of carboxylic acid groups (broad SMARTS) is 1. The van der Waals surface area contributed by atoms with Crippen LogP contribution in [0.1, 0.15) is 18.4 Å². The number of nitrogens with zero attached hydrogens (tertiary/aromatic N) is 1. The van der Waals surface area contributed by atoms with Crippen molar-refractivity contribution in [3.8, 4) is 0 Å². The number of rotatable bonds is 3. The first-order valence-electron chi connectivity index (χ1n) is 7.15. The summed E-state index contributed by atoms with van der Waals surface area (Å²) in [6, 6.07) is 14.8. The molecule has 0 amide bonds. The van der Waals surface area contributed by atoms with Gasteiger partial charge < -0.3 is 5.11 Å². The molecule has 104 valence electrons. The van der Waals surface area contributed by atoms with Gasteiger partial charge in [0.15, 0.2) is 0 Å². The number of hydrogen-bond donors (Lipinski definition) is 1. The van der Waals surface area contributed by atoms with Crippen LogP contribution in [0.25, 0.3) is 10.8 Å². The average molecular weight is 269 g/mol. The summed E-state index contributed by atoms with van der Waals surface area (Å²) < 4.78 is 0. The predicted octanol–water partition coefficient (Wildman–Crippen LogP) is 3.14. The molecule has 3 rings (SSSR count). The number of aliphatic carboxylic acids is 1. The maximum absolute atomic E-state index is 11.1. The number of carboxylic acids is 1. The Bertz CT molecular complexity index is 623. The first-order chi connectivity index (χ1) is 9.72. The van der Waals surface area contributed by atoms with Crippen LogP contribution < -0.4 is 0 Å². The second kappa shape index (κ2) is 5.63. The topological polar surface area (TPSA) is 40.5 Å². The van der Waals surface area contributed by atoms with Gasteiger partial charge >= 0.3 is 5.97 Å². The molecular weight excluding hydrogens is 250 g/mol. The molecule has 3 nitrogen and oxygen atoms in total. The zero-order chi connectivity index (χ0) is 13.9. The number of hydrogen-bond acceptors (Lipinski definition) is 2. The van der Waals surface area contributed by atoms with E-state index >= 15 is 0 Å². The molecule has 1 fully saturated rings. The molecule has 0 aromatic heterocycles. The van der Waals surface area contributed by atoms with E-state index in [2.05, 4.69) is 35.2 Å². The van der Waals surface area contributed by atoms with Gasteiger partial charge in [-0.05, 0) is 41.8 Å². The number of piperidine rings is 1. The number of likely N-dealkylation sites (tertiary alicyclic amines) is 1. The molecule has 2 aromatic rings. The Balaban J connectivity index is 1.74. The van der Waals surface area contributed by atoms with Crippen molar-refractivity contribution in [2.24, 2.45) is 5.92 Å². The van der Waals surface area contributed by atoms with E-state index in [1.807, 2.05) is 12.1 Å². The number of fused-ring (bicyclic) bond motifs is 1. The summed E-state index contributed by atoms with van der Waals surface area (Å²) in [5, 5.41) is 11.6. The lowest BCUT2D eigenvalue weighted by Crippen LogP contribution is -2.38. The van der Waals surface area contributed by atoms with Crippen LogP contribution in [0.15, 0.2) is 42.5 Å². The zero-order valence-electron chi connectivity index (χ0n) is 11.5.